The summed E-state index contributed by atoms with van der Waals surface area (Å²) in [4.78, 5) is 0. The van der Waals surface area contributed by atoms with Gasteiger partial charge in [-0.25, -0.2) is 4.21 Å². The molecule has 0 aromatic rings. The molecule has 0 aliphatic heterocycles. The average molecular weight is 217 g/mol. The second-order valence-electron chi connectivity index (χ2n) is 5.56. The predicted molar refractivity (Wildman–Crippen MR) is 62.0 cm³/mol. The van der Waals surface area contributed by atoms with E-state index in [4.69, 9.17) is 4.78 Å². The maximum atomic E-state index is 12.1. The summed E-state index contributed by atoms with van der Waals surface area (Å²) < 4.78 is 20.1. The first-order valence-corrected chi connectivity index (χ1v) is 7.20. The molecule has 1 atom stereocenters. The van der Waals surface area contributed by atoms with Gasteiger partial charge < -0.3 is 0 Å². The van der Waals surface area contributed by atoms with Crippen LogP contribution >= 0.6 is 0 Å². The molecule has 1 aliphatic rings. The van der Waals surface area contributed by atoms with Crippen LogP contribution in [0.15, 0.2) is 0 Å². The zero-order chi connectivity index (χ0) is 11.0. The van der Waals surface area contributed by atoms with Gasteiger partial charge in [-0.2, -0.15) is 0 Å². The molecule has 84 valence electrons. The lowest BCUT2D eigenvalue weighted by atomic mass is 9.77. The predicted octanol–water partition coefficient (Wildman–Crippen LogP) is 3.41. The highest BCUT2D eigenvalue weighted by molar-refractivity contribution is 7.93. The molecule has 1 rings (SSSR count). The highest BCUT2D eigenvalue weighted by Crippen LogP contribution is 2.38. The summed E-state index contributed by atoms with van der Waals surface area (Å²) in [6.07, 6.45) is 4.21. The lowest BCUT2D eigenvalue weighted by molar-refractivity contribution is 0.247. The Kier molecular flexibility index (Phi) is 3.30. The van der Waals surface area contributed by atoms with Gasteiger partial charge in [-0.05, 0) is 31.1 Å². The van der Waals surface area contributed by atoms with Gasteiger partial charge >= 0.3 is 0 Å². The fraction of sp³-hybridized carbons (Fsp3) is 1.00. The Morgan fingerprint density at radius 1 is 1.29 bits per heavy atom. The van der Waals surface area contributed by atoms with Gasteiger partial charge in [0.05, 0.1) is 0 Å². The van der Waals surface area contributed by atoms with E-state index in [2.05, 4.69) is 13.8 Å². The lowest BCUT2D eigenvalue weighted by Crippen LogP contribution is -2.33. The molecule has 1 aliphatic carbocycles. The van der Waals surface area contributed by atoms with Crippen molar-refractivity contribution in [3.8, 4) is 0 Å². The summed E-state index contributed by atoms with van der Waals surface area (Å²) in [5.74, 6) is 0. The number of hydrogen-bond acceptors (Lipinski definition) is 2. The molecule has 1 fully saturated rings. The van der Waals surface area contributed by atoms with Crippen LogP contribution in [-0.2, 0) is 9.73 Å². The van der Waals surface area contributed by atoms with Crippen molar-refractivity contribution in [3.63, 3.8) is 0 Å². The molecule has 0 saturated heterocycles. The van der Waals surface area contributed by atoms with Gasteiger partial charge in [0.2, 0.25) is 0 Å². The molecule has 0 spiro atoms. The van der Waals surface area contributed by atoms with Crippen LogP contribution in [0.3, 0.4) is 0 Å². The van der Waals surface area contributed by atoms with Gasteiger partial charge in [0.15, 0.2) is 0 Å². The van der Waals surface area contributed by atoms with Crippen molar-refractivity contribution in [1.82, 2.24) is 0 Å². The Labute approximate surface area is 88.5 Å². The van der Waals surface area contributed by atoms with Crippen molar-refractivity contribution < 1.29 is 4.21 Å². The van der Waals surface area contributed by atoms with E-state index in [1.807, 2.05) is 13.8 Å². The topological polar surface area (TPSA) is 40.9 Å². The second kappa shape index (κ2) is 3.84. The van der Waals surface area contributed by atoms with Gasteiger partial charge in [-0.3, -0.25) is 4.78 Å². The largest absolute Gasteiger partial charge is 0.252 e. The van der Waals surface area contributed by atoms with Crippen LogP contribution in [0, 0.1) is 10.2 Å². The fourth-order valence-corrected chi connectivity index (χ4v) is 3.81. The van der Waals surface area contributed by atoms with Gasteiger partial charge in [0, 0.05) is 20.2 Å². The van der Waals surface area contributed by atoms with Crippen LogP contribution in [0.4, 0.5) is 0 Å². The van der Waals surface area contributed by atoms with Crippen molar-refractivity contribution in [2.75, 3.05) is 0 Å². The molecule has 2 nitrogen and oxygen atoms in total. The highest BCUT2D eigenvalue weighted by atomic mass is 32.2. The van der Waals surface area contributed by atoms with Crippen LogP contribution in [0.1, 0.15) is 53.4 Å². The first kappa shape index (κ1) is 12.0. The molecule has 1 unspecified atom stereocenters. The minimum absolute atomic E-state index is 0.00807. The Balaban J connectivity index is 2.68. The molecule has 0 amide bonds. The molecule has 1 saturated carbocycles. The number of rotatable bonds is 2. The van der Waals surface area contributed by atoms with Gasteiger partial charge in [0.1, 0.15) is 0 Å². The molecule has 0 aromatic carbocycles. The molecule has 0 heterocycles. The maximum absolute atomic E-state index is 12.1. The molecule has 0 radical (unpaired) electrons. The molecule has 0 bridgehead atoms. The normalized spacial score (nSPS) is 27.5. The lowest BCUT2D eigenvalue weighted by Gasteiger charge is -2.35. The Morgan fingerprint density at radius 3 is 2.07 bits per heavy atom. The van der Waals surface area contributed by atoms with Gasteiger partial charge in [-0.15, -0.1) is 0 Å². The molecule has 0 aromatic heterocycles. The van der Waals surface area contributed by atoms with Crippen molar-refractivity contribution in [3.05, 3.63) is 0 Å². The summed E-state index contributed by atoms with van der Waals surface area (Å²) >= 11 is 0. The monoisotopic (exact) mass is 217 g/mol. The summed E-state index contributed by atoms with van der Waals surface area (Å²) in [6.45, 7) is 8.36. The first-order valence-electron chi connectivity index (χ1n) is 5.52. The van der Waals surface area contributed by atoms with E-state index in [-0.39, 0.29) is 10.5 Å². The molecule has 1 N–H and O–H groups in total. The average Bonchev–Trinajstić information content (AvgIpc) is 2.03. The van der Waals surface area contributed by atoms with Crippen LogP contribution < -0.4 is 0 Å². The molecule has 3 heteroatoms. The number of nitrogens with one attached hydrogen (secondary N) is 1. The Bertz CT molecular complexity index is 280. The third kappa shape index (κ3) is 2.50. The van der Waals surface area contributed by atoms with E-state index >= 15 is 0 Å². The van der Waals surface area contributed by atoms with E-state index in [9.17, 15) is 4.21 Å². The smallest absolute Gasteiger partial charge is 0.0494 e. The zero-order valence-corrected chi connectivity index (χ0v) is 10.6. The van der Waals surface area contributed by atoms with Gasteiger partial charge in [0.25, 0.3) is 0 Å². The first-order chi connectivity index (χ1) is 6.26. The second-order valence-corrected chi connectivity index (χ2v) is 8.46. The van der Waals surface area contributed by atoms with Crippen LogP contribution in [0.5, 0.6) is 0 Å². The van der Waals surface area contributed by atoms with E-state index in [1.54, 1.807) is 0 Å². The summed E-state index contributed by atoms with van der Waals surface area (Å²) in [7, 11) is -2.35. The van der Waals surface area contributed by atoms with E-state index in [1.165, 1.54) is 0 Å². The maximum Gasteiger partial charge on any atom is 0.0494 e. The summed E-state index contributed by atoms with van der Waals surface area (Å²) in [5.41, 5.74) is 0.406. The highest BCUT2D eigenvalue weighted by Gasteiger charge is 2.33. The third-order valence-electron chi connectivity index (χ3n) is 3.48. The quantitative estimate of drug-likeness (QED) is 0.756. The van der Waals surface area contributed by atoms with Crippen LogP contribution in [-0.4, -0.2) is 14.7 Å². The summed E-state index contributed by atoms with van der Waals surface area (Å²) in [5, 5.41) is 0.157. The standard InChI is InChI=1S/C11H23NOS/c1-9(2)14(12,13)10-5-7-11(3,4)8-6-10/h9-10,12H,5-8H2,1-4H3. The van der Waals surface area contributed by atoms with E-state index in [0.717, 1.165) is 25.7 Å². The third-order valence-corrected chi connectivity index (χ3v) is 6.34. The van der Waals surface area contributed by atoms with Crippen molar-refractivity contribution in [2.24, 2.45) is 5.41 Å². The van der Waals surface area contributed by atoms with Crippen LogP contribution in [0.25, 0.3) is 0 Å². The van der Waals surface area contributed by atoms with Crippen molar-refractivity contribution in [1.29, 1.82) is 4.78 Å². The minimum Gasteiger partial charge on any atom is -0.252 e. The van der Waals surface area contributed by atoms with E-state index in [0.29, 0.717) is 5.41 Å². The van der Waals surface area contributed by atoms with Crippen molar-refractivity contribution in [2.45, 2.75) is 63.9 Å². The van der Waals surface area contributed by atoms with Gasteiger partial charge in [-0.1, -0.05) is 27.7 Å². The zero-order valence-electron chi connectivity index (χ0n) is 9.80. The van der Waals surface area contributed by atoms with E-state index < -0.39 is 9.73 Å². The summed E-state index contributed by atoms with van der Waals surface area (Å²) in [6, 6.07) is 0. The van der Waals surface area contributed by atoms with Crippen molar-refractivity contribution >= 4 is 9.73 Å². The molecular formula is C11H23NOS. The van der Waals surface area contributed by atoms with Crippen LogP contribution in [0.2, 0.25) is 0 Å². The Hall–Kier alpha value is -0.0500. The number of hydrogen-bond donors (Lipinski definition) is 1. The minimum atomic E-state index is -2.35. The fourth-order valence-electron chi connectivity index (χ4n) is 2.11. The molecule has 14 heavy (non-hydrogen) atoms. The SMILES string of the molecule is CC(C)S(=N)(=O)C1CCC(C)(C)CC1. The molecular weight excluding hydrogens is 194 g/mol. The Morgan fingerprint density at radius 2 is 1.71 bits per heavy atom.